The number of carbonyl (C=O) groups excluding carboxylic acids is 1. The molecule has 4 aromatic rings. The first kappa shape index (κ1) is 19.3. The van der Waals surface area contributed by atoms with Crippen molar-refractivity contribution in [3.63, 3.8) is 0 Å². The van der Waals surface area contributed by atoms with Gasteiger partial charge in [-0.05, 0) is 42.5 Å². The maximum absolute atomic E-state index is 13.5. The Labute approximate surface area is 171 Å². The normalized spacial score (nSPS) is 10.7. The molecule has 8 nitrogen and oxygen atoms in total. The van der Waals surface area contributed by atoms with Crippen molar-refractivity contribution in [3.8, 4) is 17.3 Å². The third-order valence-electron chi connectivity index (χ3n) is 4.39. The lowest BCUT2D eigenvalue weighted by atomic mass is 10.2. The van der Waals surface area contributed by atoms with E-state index in [0.29, 0.717) is 35.0 Å². The van der Waals surface area contributed by atoms with Crippen molar-refractivity contribution in [2.45, 2.75) is 0 Å². The van der Waals surface area contributed by atoms with E-state index >= 15 is 0 Å². The molecule has 30 heavy (non-hydrogen) atoms. The minimum atomic E-state index is -0.368. The third kappa shape index (κ3) is 4.19. The molecule has 0 radical (unpaired) electrons. The van der Waals surface area contributed by atoms with Crippen LogP contribution in [0.1, 0.15) is 10.4 Å². The van der Waals surface area contributed by atoms with Crippen LogP contribution in [-0.4, -0.2) is 45.9 Å². The molecule has 152 valence electrons. The molecule has 0 spiro atoms. The Hall–Kier alpha value is -4.01. The van der Waals surface area contributed by atoms with Crippen LogP contribution in [0.25, 0.3) is 17.0 Å². The van der Waals surface area contributed by atoms with Gasteiger partial charge in [0, 0.05) is 29.9 Å². The summed E-state index contributed by atoms with van der Waals surface area (Å²) in [5.74, 6) is 0.200. The predicted octanol–water partition coefficient (Wildman–Crippen LogP) is 2.78. The number of nitrogens with one attached hydrogen (secondary N) is 2. The number of nitrogens with zero attached hydrogens (tertiary/aromatic N) is 4. The zero-order valence-corrected chi connectivity index (χ0v) is 16.2. The average molecular weight is 406 g/mol. The number of anilines is 1. The molecule has 0 saturated heterocycles. The molecule has 0 atom stereocenters. The summed E-state index contributed by atoms with van der Waals surface area (Å²) in [6.45, 7) is 0.543. The van der Waals surface area contributed by atoms with Crippen molar-refractivity contribution in [2.75, 3.05) is 25.5 Å². The van der Waals surface area contributed by atoms with Crippen LogP contribution in [0.2, 0.25) is 0 Å². The van der Waals surface area contributed by atoms with Crippen LogP contribution in [0.5, 0.6) is 5.88 Å². The van der Waals surface area contributed by atoms with Gasteiger partial charge in [0.2, 0.25) is 5.88 Å². The second-order valence-corrected chi connectivity index (χ2v) is 6.41. The molecule has 0 aliphatic rings. The Balaban J connectivity index is 1.38. The lowest BCUT2D eigenvalue weighted by Gasteiger charge is -2.08. The number of aromatic nitrogens is 4. The molecule has 2 N–H and O–H groups in total. The summed E-state index contributed by atoms with van der Waals surface area (Å²) < 4.78 is 20.7. The van der Waals surface area contributed by atoms with E-state index in [9.17, 15) is 9.18 Å². The van der Waals surface area contributed by atoms with Crippen LogP contribution >= 0.6 is 0 Å². The standard InChI is InChI=1S/C21H19FN6O2/c1-23-17-7-5-14(6-8-17)21(29)24-11-12-30-19-10-9-18-25-26-20(28(18)27-19)15-3-2-4-16(22)13-15/h2-10,13,23H,11-12H2,1H3,(H,24,29). The van der Waals surface area contributed by atoms with E-state index in [-0.39, 0.29) is 18.3 Å². The highest BCUT2D eigenvalue weighted by atomic mass is 19.1. The molecular weight excluding hydrogens is 387 g/mol. The number of hydrogen-bond donors (Lipinski definition) is 2. The monoisotopic (exact) mass is 406 g/mol. The van der Waals surface area contributed by atoms with Gasteiger partial charge in [-0.3, -0.25) is 4.79 Å². The zero-order valence-electron chi connectivity index (χ0n) is 16.2. The minimum absolute atomic E-state index is 0.183. The molecule has 2 heterocycles. The summed E-state index contributed by atoms with van der Waals surface area (Å²) in [6, 6.07) is 16.6. The Morgan fingerprint density at radius 3 is 2.70 bits per heavy atom. The average Bonchev–Trinajstić information content (AvgIpc) is 3.20. The molecule has 0 bridgehead atoms. The van der Waals surface area contributed by atoms with Gasteiger partial charge in [0.1, 0.15) is 12.4 Å². The van der Waals surface area contributed by atoms with Crippen molar-refractivity contribution in [1.29, 1.82) is 0 Å². The Morgan fingerprint density at radius 2 is 1.93 bits per heavy atom. The predicted molar refractivity (Wildman–Crippen MR) is 110 cm³/mol. The number of carbonyl (C=O) groups is 1. The topological polar surface area (TPSA) is 93.4 Å². The van der Waals surface area contributed by atoms with Gasteiger partial charge in [0.25, 0.3) is 5.91 Å². The number of rotatable bonds is 7. The smallest absolute Gasteiger partial charge is 0.251 e. The van der Waals surface area contributed by atoms with Crippen LogP contribution in [-0.2, 0) is 0 Å². The number of halogens is 1. The zero-order chi connectivity index (χ0) is 20.9. The van der Waals surface area contributed by atoms with Gasteiger partial charge in [-0.2, -0.15) is 4.52 Å². The van der Waals surface area contributed by atoms with E-state index in [1.165, 1.54) is 16.6 Å². The fraction of sp³-hybridized carbons (Fsp3) is 0.143. The molecular formula is C21H19FN6O2. The maximum atomic E-state index is 13.5. The van der Waals surface area contributed by atoms with E-state index in [0.717, 1.165) is 5.69 Å². The second kappa shape index (κ2) is 8.56. The molecule has 0 aliphatic heterocycles. The lowest BCUT2D eigenvalue weighted by molar-refractivity contribution is 0.0946. The van der Waals surface area contributed by atoms with Crippen molar-refractivity contribution >= 4 is 17.2 Å². The second-order valence-electron chi connectivity index (χ2n) is 6.41. The summed E-state index contributed by atoms with van der Waals surface area (Å²) >= 11 is 0. The van der Waals surface area contributed by atoms with E-state index in [1.54, 1.807) is 36.4 Å². The largest absolute Gasteiger partial charge is 0.475 e. The summed E-state index contributed by atoms with van der Waals surface area (Å²) in [6.07, 6.45) is 0. The Morgan fingerprint density at radius 1 is 1.10 bits per heavy atom. The molecule has 4 rings (SSSR count). The van der Waals surface area contributed by atoms with Crippen LogP contribution < -0.4 is 15.4 Å². The number of fused-ring (bicyclic) bond motifs is 1. The third-order valence-corrected chi connectivity index (χ3v) is 4.39. The SMILES string of the molecule is CNc1ccc(C(=O)NCCOc2ccc3nnc(-c4cccc(F)c4)n3n2)cc1. The van der Waals surface area contributed by atoms with Crippen molar-refractivity contribution in [1.82, 2.24) is 25.1 Å². The van der Waals surface area contributed by atoms with Crippen molar-refractivity contribution < 1.29 is 13.9 Å². The van der Waals surface area contributed by atoms with E-state index in [4.69, 9.17) is 4.74 Å². The van der Waals surface area contributed by atoms with Crippen LogP contribution in [0.3, 0.4) is 0 Å². The highest BCUT2D eigenvalue weighted by Gasteiger charge is 2.11. The van der Waals surface area contributed by atoms with Gasteiger partial charge in [0.05, 0.1) is 6.54 Å². The first-order valence-electron chi connectivity index (χ1n) is 9.31. The van der Waals surface area contributed by atoms with Gasteiger partial charge in [0.15, 0.2) is 11.5 Å². The van der Waals surface area contributed by atoms with Gasteiger partial charge in [-0.25, -0.2) is 4.39 Å². The highest BCUT2D eigenvalue weighted by molar-refractivity contribution is 5.94. The first-order chi connectivity index (χ1) is 14.6. The van der Waals surface area contributed by atoms with Crippen LogP contribution in [0.4, 0.5) is 10.1 Å². The van der Waals surface area contributed by atoms with Gasteiger partial charge >= 0.3 is 0 Å². The summed E-state index contributed by atoms with van der Waals surface area (Å²) in [5.41, 5.74) is 2.57. The van der Waals surface area contributed by atoms with E-state index in [2.05, 4.69) is 25.9 Å². The van der Waals surface area contributed by atoms with E-state index in [1.807, 2.05) is 19.2 Å². The fourth-order valence-corrected chi connectivity index (χ4v) is 2.87. The molecule has 0 unspecified atom stereocenters. The molecule has 0 aliphatic carbocycles. The van der Waals surface area contributed by atoms with Crippen molar-refractivity contribution in [2.24, 2.45) is 0 Å². The van der Waals surface area contributed by atoms with Crippen LogP contribution in [0, 0.1) is 5.82 Å². The van der Waals surface area contributed by atoms with Crippen molar-refractivity contribution in [3.05, 3.63) is 72.0 Å². The molecule has 0 fully saturated rings. The highest BCUT2D eigenvalue weighted by Crippen LogP contribution is 2.19. The lowest BCUT2D eigenvalue weighted by Crippen LogP contribution is -2.28. The van der Waals surface area contributed by atoms with E-state index < -0.39 is 0 Å². The maximum Gasteiger partial charge on any atom is 0.251 e. The summed E-state index contributed by atoms with van der Waals surface area (Å²) in [4.78, 5) is 12.2. The fourth-order valence-electron chi connectivity index (χ4n) is 2.87. The quantitative estimate of drug-likeness (QED) is 0.459. The number of amides is 1. The Kier molecular flexibility index (Phi) is 5.51. The van der Waals surface area contributed by atoms with Gasteiger partial charge in [-0.1, -0.05) is 12.1 Å². The summed E-state index contributed by atoms with van der Waals surface area (Å²) in [5, 5.41) is 18.3. The molecule has 1 amide bonds. The number of benzene rings is 2. The van der Waals surface area contributed by atoms with Gasteiger partial charge in [-0.15, -0.1) is 15.3 Å². The molecule has 9 heteroatoms. The molecule has 0 saturated carbocycles. The van der Waals surface area contributed by atoms with Gasteiger partial charge < -0.3 is 15.4 Å². The number of hydrogen-bond acceptors (Lipinski definition) is 6. The first-order valence-corrected chi connectivity index (χ1v) is 9.31. The van der Waals surface area contributed by atoms with Crippen LogP contribution in [0.15, 0.2) is 60.7 Å². The molecule has 2 aromatic heterocycles. The molecule has 2 aromatic carbocycles. The Bertz CT molecular complexity index is 1180. The minimum Gasteiger partial charge on any atom is -0.475 e. The summed E-state index contributed by atoms with van der Waals surface area (Å²) in [7, 11) is 1.82. The number of ether oxygens (including phenoxy) is 1.